The number of hydrazone groups is 1. The quantitative estimate of drug-likeness (QED) is 0.278. The van der Waals surface area contributed by atoms with Crippen LogP contribution < -0.4 is 10.2 Å². The number of nitrogens with zero attached hydrogens (tertiary/aromatic N) is 1. The third kappa shape index (κ3) is 5.19. The molecule has 0 fully saturated rings. The molecule has 1 amide bonds. The van der Waals surface area contributed by atoms with Crippen LogP contribution in [-0.2, 0) is 0 Å². The first-order valence-electron chi connectivity index (χ1n) is 8.19. The van der Waals surface area contributed by atoms with E-state index in [2.05, 4.69) is 10.5 Å². The van der Waals surface area contributed by atoms with Gasteiger partial charge < -0.3 is 4.74 Å². The van der Waals surface area contributed by atoms with Crippen molar-refractivity contribution < 1.29 is 14.3 Å². The molecule has 0 aromatic heterocycles. The smallest absolute Gasteiger partial charge is 0.343 e. The Balaban J connectivity index is 1.68. The van der Waals surface area contributed by atoms with Crippen LogP contribution in [0.2, 0.25) is 10.0 Å². The summed E-state index contributed by atoms with van der Waals surface area (Å²) in [4.78, 5) is 24.3. The number of amides is 1. The van der Waals surface area contributed by atoms with Crippen LogP contribution in [0.5, 0.6) is 5.75 Å². The number of para-hydroxylation sites is 1. The standard InChI is InChI=1S/C21H14Cl2N2O3/c22-17-9-5-14(6-10-17)20(26)25-24-13-16-3-1-2-4-19(16)28-21(27)15-7-11-18(23)12-8-15/h1-13H,(H,25,26)/b24-13+. The van der Waals surface area contributed by atoms with Crippen molar-refractivity contribution in [2.45, 2.75) is 0 Å². The lowest BCUT2D eigenvalue weighted by Gasteiger charge is -2.07. The summed E-state index contributed by atoms with van der Waals surface area (Å²) in [5.41, 5.74) is 3.73. The molecule has 140 valence electrons. The van der Waals surface area contributed by atoms with E-state index in [0.29, 0.717) is 32.5 Å². The van der Waals surface area contributed by atoms with Crippen LogP contribution in [0.25, 0.3) is 0 Å². The van der Waals surface area contributed by atoms with Gasteiger partial charge in [-0.05, 0) is 60.7 Å². The fourth-order valence-electron chi connectivity index (χ4n) is 2.25. The van der Waals surface area contributed by atoms with Gasteiger partial charge in [0.25, 0.3) is 5.91 Å². The van der Waals surface area contributed by atoms with Gasteiger partial charge in [-0.15, -0.1) is 0 Å². The summed E-state index contributed by atoms with van der Waals surface area (Å²) in [5.74, 6) is -0.599. The van der Waals surface area contributed by atoms with Crippen molar-refractivity contribution in [2.75, 3.05) is 0 Å². The van der Waals surface area contributed by atoms with Crippen LogP contribution in [0.3, 0.4) is 0 Å². The zero-order valence-electron chi connectivity index (χ0n) is 14.4. The highest BCUT2D eigenvalue weighted by molar-refractivity contribution is 6.31. The van der Waals surface area contributed by atoms with E-state index in [-0.39, 0.29) is 5.91 Å². The number of benzene rings is 3. The number of carbonyl (C=O) groups is 2. The number of hydrogen-bond acceptors (Lipinski definition) is 4. The maximum absolute atomic E-state index is 12.3. The fourth-order valence-corrected chi connectivity index (χ4v) is 2.50. The Bertz CT molecular complexity index is 1020. The highest BCUT2D eigenvalue weighted by atomic mass is 35.5. The van der Waals surface area contributed by atoms with Crippen LogP contribution >= 0.6 is 23.2 Å². The van der Waals surface area contributed by atoms with Crippen molar-refractivity contribution in [3.8, 4) is 5.75 Å². The van der Waals surface area contributed by atoms with Gasteiger partial charge in [0.2, 0.25) is 0 Å². The molecule has 3 rings (SSSR count). The summed E-state index contributed by atoms with van der Waals surface area (Å²) in [6.45, 7) is 0. The van der Waals surface area contributed by atoms with Gasteiger partial charge >= 0.3 is 5.97 Å². The van der Waals surface area contributed by atoms with Crippen molar-refractivity contribution in [3.05, 3.63) is 99.5 Å². The number of nitrogens with one attached hydrogen (secondary N) is 1. The number of rotatable bonds is 5. The Hall–Kier alpha value is -3.15. The molecule has 3 aromatic carbocycles. The second-order valence-corrected chi connectivity index (χ2v) is 6.51. The Morgan fingerprint density at radius 3 is 2.04 bits per heavy atom. The van der Waals surface area contributed by atoms with E-state index in [0.717, 1.165) is 0 Å². The minimum absolute atomic E-state index is 0.312. The molecule has 0 heterocycles. The summed E-state index contributed by atoms with van der Waals surface area (Å²) in [7, 11) is 0. The maximum Gasteiger partial charge on any atom is 0.343 e. The number of esters is 1. The molecule has 1 N–H and O–H groups in total. The molecule has 0 spiro atoms. The van der Waals surface area contributed by atoms with Crippen LogP contribution in [0.4, 0.5) is 0 Å². The van der Waals surface area contributed by atoms with Gasteiger partial charge in [-0.3, -0.25) is 4.79 Å². The molecular weight excluding hydrogens is 399 g/mol. The van der Waals surface area contributed by atoms with Crippen LogP contribution in [0, 0.1) is 0 Å². The summed E-state index contributed by atoms with van der Waals surface area (Å²) in [6, 6.07) is 19.6. The van der Waals surface area contributed by atoms with Gasteiger partial charge in [-0.2, -0.15) is 5.10 Å². The average Bonchev–Trinajstić information content (AvgIpc) is 2.70. The van der Waals surface area contributed by atoms with E-state index in [1.807, 2.05) is 0 Å². The van der Waals surface area contributed by atoms with E-state index in [4.69, 9.17) is 27.9 Å². The van der Waals surface area contributed by atoms with Crippen molar-refractivity contribution in [3.63, 3.8) is 0 Å². The van der Waals surface area contributed by atoms with E-state index in [1.54, 1.807) is 72.8 Å². The third-order valence-electron chi connectivity index (χ3n) is 3.68. The Morgan fingerprint density at radius 2 is 1.39 bits per heavy atom. The summed E-state index contributed by atoms with van der Waals surface area (Å²) in [6.07, 6.45) is 1.40. The van der Waals surface area contributed by atoms with Crippen LogP contribution in [-0.4, -0.2) is 18.1 Å². The molecule has 0 aliphatic rings. The Morgan fingerprint density at radius 1 is 0.821 bits per heavy atom. The molecule has 28 heavy (non-hydrogen) atoms. The SMILES string of the molecule is O=C(N/N=C/c1ccccc1OC(=O)c1ccc(Cl)cc1)c1ccc(Cl)cc1. The monoisotopic (exact) mass is 412 g/mol. The van der Waals surface area contributed by atoms with Crippen molar-refractivity contribution >= 4 is 41.3 Å². The fraction of sp³-hybridized carbons (Fsp3) is 0. The van der Waals surface area contributed by atoms with Gasteiger partial charge in [-0.25, -0.2) is 10.2 Å². The number of hydrogen-bond donors (Lipinski definition) is 1. The molecular formula is C21H14Cl2N2O3. The first-order valence-corrected chi connectivity index (χ1v) is 8.94. The van der Waals surface area contributed by atoms with Crippen LogP contribution in [0.1, 0.15) is 26.3 Å². The van der Waals surface area contributed by atoms with Gasteiger partial charge in [0.05, 0.1) is 11.8 Å². The molecule has 0 saturated heterocycles. The minimum atomic E-state index is -0.525. The summed E-state index contributed by atoms with van der Waals surface area (Å²) in [5, 5.41) is 4.99. The van der Waals surface area contributed by atoms with Crippen molar-refractivity contribution in [2.24, 2.45) is 5.10 Å². The van der Waals surface area contributed by atoms with Gasteiger partial charge in [0, 0.05) is 21.2 Å². The number of carbonyl (C=O) groups excluding carboxylic acids is 2. The lowest BCUT2D eigenvalue weighted by atomic mass is 10.2. The van der Waals surface area contributed by atoms with E-state index < -0.39 is 5.97 Å². The molecule has 0 atom stereocenters. The molecule has 3 aromatic rings. The lowest BCUT2D eigenvalue weighted by molar-refractivity contribution is 0.0734. The minimum Gasteiger partial charge on any atom is -0.422 e. The second kappa shape index (κ2) is 9.17. The zero-order chi connectivity index (χ0) is 19.9. The first-order chi connectivity index (χ1) is 13.5. The zero-order valence-corrected chi connectivity index (χ0v) is 15.9. The molecule has 0 aliphatic carbocycles. The molecule has 5 nitrogen and oxygen atoms in total. The molecule has 0 unspecified atom stereocenters. The predicted octanol–water partition coefficient (Wildman–Crippen LogP) is 4.98. The number of ether oxygens (including phenoxy) is 1. The molecule has 0 bridgehead atoms. The van der Waals surface area contributed by atoms with Crippen LogP contribution in [0.15, 0.2) is 77.9 Å². The first kappa shape index (κ1) is 19.6. The molecule has 0 saturated carbocycles. The highest BCUT2D eigenvalue weighted by Gasteiger charge is 2.11. The molecule has 7 heteroatoms. The normalized spacial score (nSPS) is 10.6. The molecule has 0 aliphatic heterocycles. The third-order valence-corrected chi connectivity index (χ3v) is 4.18. The van der Waals surface area contributed by atoms with Crippen molar-refractivity contribution in [1.82, 2.24) is 5.43 Å². The average molecular weight is 413 g/mol. The number of halogens is 2. The maximum atomic E-state index is 12.3. The largest absolute Gasteiger partial charge is 0.422 e. The Kier molecular flexibility index (Phi) is 6.42. The Labute approximate surface area is 171 Å². The van der Waals surface area contributed by atoms with Crippen molar-refractivity contribution in [1.29, 1.82) is 0 Å². The van der Waals surface area contributed by atoms with Gasteiger partial charge in [-0.1, -0.05) is 35.3 Å². The predicted molar refractivity (Wildman–Crippen MR) is 109 cm³/mol. The summed E-state index contributed by atoms with van der Waals surface area (Å²) >= 11 is 11.6. The second-order valence-electron chi connectivity index (χ2n) is 5.64. The van der Waals surface area contributed by atoms with E-state index in [9.17, 15) is 9.59 Å². The van der Waals surface area contributed by atoms with Gasteiger partial charge in [0.1, 0.15) is 5.75 Å². The van der Waals surface area contributed by atoms with Gasteiger partial charge in [0.15, 0.2) is 0 Å². The topological polar surface area (TPSA) is 67.8 Å². The van der Waals surface area contributed by atoms with E-state index in [1.165, 1.54) is 6.21 Å². The highest BCUT2D eigenvalue weighted by Crippen LogP contribution is 2.18. The van der Waals surface area contributed by atoms with E-state index >= 15 is 0 Å². The molecule has 0 radical (unpaired) electrons. The lowest BCUT2D eigenvalue weighted by Crippen LogP contribution is -2.17. The summed E-state index contributed by atoms with van der Waals surface area (Å²) < 4.78 is 5.43.